The molecule has 0 amide bonds. The molecule has 0 radical (unpaired) electrons. The van der Waals surface area contributed by atoms with Crippen molar-refractivity contribution in [3.8, 4) is 0 Å². The first-order valence-corrected chi connectivity index (χ1v) is 8.31. The smallest absolute Gasteiger partial charge is 0.163 e. The van der Waals surface area contributed by atoms with Crippen LogP contribution in [-0.2, 0) is 13.5 Å². The molecule has 1 aliphatic rings. The van der Waals surface area contributed by atoms with E-state index in [1.807, 2.05) is 25.5 Å². The van der Waals surface area contributed by atoms with E-state index in [4.69, 9.17) is 0 Å². The Morgan fingerprint density at radius 2 is 1.92 bits per heavy atom. The van der Waals surface area contributed by atoms with Crippen molar-refractivity contribution in [2.45, 2.75) is 6.42 Å². The van der Waals surface area contributed by atoms with Gasteiger partial charge >= 0.3 is 0 Å². The van der Waals surface area contributed by atoms with Gasteiger partial charge in [0, 0.05) is 58.1 Å². The zero-order chi connectivity index (χ0) is 16.4. The van der Waals surface area contributed by atoms with Gasteiger partial charge in [-0.15, -0.1) is 0 Å². The fraction of sp³-hybridized carbons (Fsp3) is 0.412. The third kappa shape index (κ3) is 2.94. The monoisotopic (exact) mass is 323 g/mol. The lowest BCUT2D eigenvalue weighted by Gasteiger charge is -2.35. The van der Waals surface area contributed by atoms with Gasteiger partial charge in [0.05, 0.1) is 11.6 Å². The summed E-state index contributed by atoms with van der Waals surface area (Å²) in [4.78, 5) is 18.0. The Morgan fingerprint density at radius 3 is 2.71 bits per heavy atom. The van der Waals surface area contributed by atoms with Crippen LogP contribution in [0.2, 0.25) is 0 Å². The molecule has 0 N–H and O–H groups in total. The predicted molar refractivity (Wildman–Crippen MR) is 92.9 cm³/mol. The molecule has 4 rings (SSSR count). The van der Waals surface area contributed by atoms with Gasteiger partial charge in [0.15, 0.2) is 5.65 Å². The zero-order valence-electron chi connectivity index (χ0n) is 13.8. The first-order valence-electron chi connectivity index (χ1n) is 8.31. The molecule has 0 bridgehead atoms. The van der Waals surface area contributed by atoms with Crippen molar-refractivity contribution in [2.24, 2.45) is 7.05 Å². The predicted octanol–water partition coefficient (Wildman–Crippen LogP) is 1.12. The van der Waals surface area contributed by atoms with Gasteiger partial charge in [0.1, 0.15) is 12.1 Å². The van der Waals surface area contributed by atoms with Crippen LogP contribution in [0.25, 0.3) is 11.0 Å². The Bertz CT molecular complexity index is 806. The maximum absolute atomic E-state index is 4.50. The number of pyridine rings is 1. The van der Waals surface area contributed by atoms with Crippen molar-refractivity contribution >= 4 is 16.9 Å². The highest BCUT2D eigenvalue weighted by Gasteiger charge is 2.20. The summed E-state index contributed by atoms with van der Waals surface area (Å²) in [6.07, 6.45) is 6.35. The summed E-state index contributed by atoms with van der Waals surface area (Å²) >= 11 is 0. The molecule has 1 aliphatic heterocycles. The van der Waals surface area contributed by atoms with Crippen molar-refractivity contribution in [3.05, 3.63) is 42.6 Å². The molecule has 24 heavy (non-hydrogen) atoms. The minimum Gasteiger partial charge on any atom is -0.353 e. The Kier molecular flexibility index (Phi) is 4.08. The molecule has 4 heterocycles. The lowest BCUT2D eigenvalue weighted by Crippen LogP contribution is -2.47. The minimum atomic E-state index is 0.887. The molecular formula is C17H21N7. The van der Waals surface area contributed by atoms with Gasteiger partial charge in [-0.2, -0.15) is 5.10 Å². The lowest BCUT2D eigenvalue weighted by molar-refractivity contribution is 0.260. The van der Waals surface area contributed by atoms with Crippen LogP contribution in [0.3, 0.4) is 0 Å². The van der Waals surface area contributed by atoms with Crippen LogP contribution in [0.5, 0.6) is 0 Å². The molecule has 1 fully saturated rings. The van der Waals surface area contributed by atoms with Crippen molar-refractivity contribution in [2.75, 3.05) is 37.6 Å². The fourth-order valence-electron chi connectivity index (χ4n) is 3.20. The molecule has 0 saturated carbocycles. The number of anilines is 1. The first-order chi connectivity index (χ1) is 11.8. The molecule has 3 aromatic heterocycles. The number of hydrogen-bond donors (Lipinski definition) is 0. The average molecular weight is 323 g/mol. The fourth-order valence-corrected chi connectivity index (χ4v) is 3.20. The van der Waals surface area contributed by atoms with Gasteiger partial charge in [-0.25, -0.2) is 9.97 Å². The highest BCUT2D eigenvalue weighted by Crippen LogP contribution is 2.23. The Labute approximate surface area is 141 Å². The van der Waals surface area contributed by atoms with Crippen LogP contribution in [0.15, 0.2) is 36.9 Å². The summed E-state index contributed by atoms with van der Waals surface area (Å²) in [5.74, 6) is 0.998. The lowest BCUT2D eigenvalue weighted by atomic mass is 10.2. The number of fused-ring (bicyclic) bond motifs is 1. The van der Waals surface area contributed by atoms with Gasteiger partial charge < -0.3 is 4.90 Å². The van der Waals surface area contributed by atoms with E-state index in [-0.39, 0.29) is 0 Å². The van der Waals surface area contributed by atoms with Gasteiger partial charge in [0.25, 0.3) is 0 Å². The highest BCUT2D eigenvalue weighted by molar-refractivity contribution is 5.86. The summed E-state index contributed by atoms with van der Waals surface area (Å²) in [6.45, 7) is 5.08. The van der Waals surface area contributed by atoms with E-state index in [1.54, 1.807) is 11.0 Å². The van der Waals surface area contributed by atoms with Gasteiger partial charge in [-0.1, -0.05) is 6.07 Å². The molecular weight excluding hydrogens is 302 g/mol. The van der Waals surface area contributed by atoms with E-state index in [9.17, 15) is 0 Å². The molecule has 7 heteroatoms. The maximum Gasteiger partial charge on any atom is 0.163 e. The second-order valence-electron chi connectivity index (χ2n) is 6.10. The second kappa shape index (κ2) is 6.52. The second-order valence-corrected chi connectivity index (χ2v) is 6.10. The normalized spacial score (nSPS) is 16.0. The van der Waals surface area contributed by atoms with Crippen LogP contribution < -0.4 is 4.90 Å². The first kappa shape index (κ1) is 15.0. The topological polar surface area (TPSA) is 63.0 Å². The Balaban J connectivity index is 1.39. The van der Waals surface area contributed by atoms with E-state index in [2.05, 4.69) is 42.0 Å². The SMILES string of the molecule is Cn1ncc2c(N3CCN(CCc4ccccn4)CC3)ncnc21. The highest BCUT2D eigenvalue weighted by atomic mass is 15.3. The van der Waals surface area contributed by atoms with Crippen molar-refractivity contribution in [3.63, 3.8) is 0 Å². The van der Waals surface area contributed by atoms with Crippen molar-refractivity contribution < 1.29 is 0 Å². The Morgan fingerprint density at radius 1 is 1.04 bits per heavy atom. The van der Waals surface area contributed by atoms with Crippen molar-refractivity contribution in [1.29, 1.82) is 0 Å². The summed E-state index contributed by atoms with van der Waals surface area (Å²) in [7, 11) is 1.91. The largest absolute Gasteiger partial charge is 0.353 e. The number of rotatable bonds is 4. The molecule has 124 valence electrons. The quantitative estimate of drug-likeness (QED) is 0.717. The third-order valence-corrected chi connectivity index (χ3v) is 4.59. The van der Waals surface area contributed by atoms with E-state index in [0.29, 0.717) is 0 Å². The summed E-state index contributed by atoms with van der Waals surface area (Å²) in [5, 5.41) is 5.33. The minimum absolute atomic E-state index is 0.887. The number of aromatic nitrogens is 5. The number of nitrogens with zero attached hydrogens (tertiary/aromatic N) is 7. The molecule has 3 aromatic rings. The number of aryl methyl sites for hydroxylation is 1. The standard InChI is InChI=1S/C17H21N7/c1-22-16-15(12-21-22)17(20-13-19-16)24-10-8-23(9-11-24)7-5-14-4-2-3-6-18-14/h2-4,6,12-13H,5,7-11H2,1H3. The van der Waals surface area contributed by atoms with E-state index < -0.39 is 0 Å². The molecule has 0 aliphatic carbocycles. The molecule has 0 aromatic carbocycles. The van der Waals surface area contributed by atoms with E-state index >= 15 is 0 Å². The molecule has 0 spiro atoms. The van der Waals surface area contributed by atoms with E-state index in [0.717, 1.165) is 61.7 Å². The summed E-state index contributed by atoms with van der Waals surface area (Å²) in [5.41, 5.74) is 2.05. The van der Waals surface area contributed by atoms with E-state index in [1.165, 1.54) is 0 Å². The van der Waals surface area contributed by atoms with Crippen molar-refractivity contribution in [1.82, 2.24) is 29.6 Å². The summed E-state index contributed by atoms with van der Waals surface area (Å²) in [6, 6.07) is 6.11. The van der Waals surface area contributed by atoms with Gasteiger partial charge in [0.2, 0.25) is 0 Å². The van der Waals surface area contributed by atoms with Crippen LogP contribution in [0, 0.1) is 0 Å². The number of piperazine rings is 1. The van der Waals surface area contributed by atoms with Crippen LogP contribution >= 0.6 is 0 Å². The van der Waals surface area contributed by atoms with Crippen LogP contribution in [0.4, 0.5) is 5.82 Å². The average Bonchev–Trinajstić information content (AvgIpc) is 3.03. The summed E-state index contributed by atoms with van der Waals surface area (Å²) < 4.78 is 1.80. The van der Waals surface area contributed by atoms with Crippen LogP contribution in [0.1, 0.15) is 5.69 Å². The van der Waals surface area contributed by atoms with Gasteiger partial charge in [-0.3, -0.25) is 14.6 Å². The maximum atomic E-state index is 4.50. The zero-order valence-corrected chi connectivity index (χ0v) is 13.8. The Hall–Kier alpha value is -2.54. The van der Waals surface area contributed by atoms with Gasteiger partial charge in [-0.05, 0) is 12.1 Å². The number of hydrogen-bond acceptors (Lipinski definition) is 6. The van der Waals surface area contributed by atoms with Crippen LogP contribution in [-0.4, -0.2) is 62.4 Å². The molecule has 1 saturated heterocycles. The molecule has 0 atom stereocenters. The molecule has 7 nitrogen and oxygen atoms in total. The molecule has 0 unspecified atom stereocenters. The third-order valence-electron chi connectivity index (χ3n) is 4.59.